The van der Waals surface area contributed by atoms with E-state index in [2.05, 4.69) is 168 Å². The van der Waals surface area contributed by atoms with Gasteiger partial charge in [-0.3, -0.25) is 0 Å². The fourth-order valence-corrected chi connectivity index (χ4v) is 7.38. The first-order chi connectivity index (χ1) is 25.2. The summed E-state index contributed by atoms with van der Waals surface area (Å²) in [6, 6.07) is 55.4. The normalized spacial score (nSPS) is 11.6. The maximum absolute atomic E-state index is 5.26. The van der Waals surface area contributed by atoms with E-state index in [0.717, 1.165) is 67.3 Å². The molecule has 9 rings (SSSR count). The summed E-state index contributed by atoms with van der Waals surface area (Å²) in [5.74, 6) is 0.685. The molecule has 0 fully saturated rings. The number of benzene rings is 6. The quantitative estimate of drug-likeness (QED) is 0.171. The molecule has 242 valence electrons. The Morgan fingerprint density at radius 3 is 1.57 bits per heavy atom. The lowest BCUT2D eigenvalue weighted by atomic mass is 10.0. The van der Waals surface area contributed by atoms with Gasteiger partial charge in [0.2, 0.25) is 0 Å². The molecule has 3 aromatic heterocycles. The van der Waals surface area contributed by atoms with Crippen LogP contribution >= 0.6 is 0 Å². The van der Waals surface area contributed by atoms with Crippen molar-refractivity contribution >= 4 is 44.9 Å². The van der Waals surface area contributed by atoms with Gasteiger partial charge in [-0.15, -0.1) is 0 Å². The number of hydrogen-bond donors (Lipinski definition) is 0. The van der Waals surface area contributed by atoms with Gasteiger partial charge in [-0.05, 0) is 55.5 Å². The van der Waals surface area contributed by atoms with Crippen molar-refractivity contribution in [1.29, 1.82) is 0 Å². The summed E-state index contributed by atoms with van der Waals surface area (Å²) in [6.07, 6.45) is 6.24. The van der Waals surface area contributed by atoms with Crippen molar-refractivity contribution in [2.45, 2.75) is 6.92 Å². The number of rotatable bonds is 7. The molecule has 0 bridgehead atoms. The first kappa shape index (κ1) is 30.3. The molecule has 9 aromatic rings. The molecular formula is C47H34N4. The second-order valence-electron chi connectivity index (χ2n) is 12.7. The van der Waals surface area contributed by atoms with Crippen molar-refractivity contribution < 1.29 is 0 Å². The van der Waals surface area contributed by atoms with Crippen molar-refractivity contribution in [2.75, 3.05) is 0 Å². The van der Waals surface area contributed by atoms with E-state index in [1.54, 1.807) is 0 Å². The number of allylic oxidation sites excluding steroid dienone is 1. The molecule has 0 aliphatic heterocycles. The highest BCUT2D eigenvalue weighted by Crippen LogP contribution is 2.38. The van der Waals surface area contributed by atoms with Gasteiger partial charge < -0.3 is 9.13 Å². The van der Waals surface area contributed by atoms with Crippen LogP contribution in [0, 0.1) is 0 Å². The average Bonchev–Trinajstić information content (AvgIpc) is 3.71. The fraction of sp³-hybridized carbons (Fsp3) is 0.0213. The zero-order valence-electron chi connectivity index (χ0n) is 28.2. The number of fused-ring (bicyclic) bond motifs is 4. The second kappa shape index (κ2) is 12.6. The molecule has 0 radical (unpaired) electrons. The fourth-order valence-electron chi connectivity index (χ4n) is 7.38. The van der Waals surface area contributed by atoms with Crippen LogP contribution in [0.2, 0.25) is 0 Å². The van der Waals surface area contributed by atoms with Crippen LogP contribution in [0.25, 0.3) is 90.1 Å². The van der Waals surface area contributed by atoms with Crippen molar-refractivity contribution in [1.82, 2.24) is 19.1 Å². The molecule has 0 aliphatic rings. The van der Waals surface area contributed by atoms with Crippen LogP contribution in [0.15, 0.2) is 170 Å². The summed E-state index contributed by atoms with van der Waals surface area (Å²) < 4.78 is 4.71. The van der Waals surface area contributed by atoms with Crippen LogP contribution in [0.4, 0.5) is 0 Å². The van der Waals surface area contributed by atoms with E-state index in [1.165, 1.54) is 16.2 Å². The first-order valence-electron chi connectivity index (χ1n) is 17.2. The number of aromatic nitrogens is 4. The van der Waals surface area contributed by atoms with Crippen molar-refractivity contribution in [3.8, 4) is 45.3 Å². The Morgan fingerprint density at radius 2 is 0.980 bits per heavy atom. The Labute approximate surface area is 296 Å². The maximum Gasteiger partial charge on any atom is 0.160 e. The van der Waals surface area contributed by atoms with Gasteiger partial charge in [-0.1, -0.05) is 134 Å². The highest BCUT2D eigenvalue weighted by molar-refractivity contribution is 6.09. The third-order valence-corrected chi connectivity index (χ3v) is 9.60. The molecule has 0 saturated carbocycles. The first-order valence-corrected chi connectivity index (χ1v) is 17.2. The minimum Gasteiger partial charge on any atom is -0.309 e. The number of hydrogen-bond acceptors (Lipinski definition) is 2. The van der Waals surface area contributed by atoms with Gasteiger partial charge >= 0.3 is 0 Å². The van der Waals surface area contributed by atoms with E-state index in [4.69, 9.17) is 9.97 Å². The lowest BCUT2D eigenvalue weighted by Gasteiger charge is -2.17. The summed E-state index contributed by atoms with van der Waals surface area (Å²) in [5, 5.41) is 3.61. The Hall–Kier alpha value is -6.78. The molecule has 0 aliphatic carbocycles. The topological polar surface area (TPSA) is 35.6 Å². The van der Waals surface area contributed by atoms with Crippen LogP contribution in [0.1, 0.15) is 18.2 Å². The summed E-state index contributed by atoms with van der Waals surface area (Å²) in [5.41, 5.74) is 12.4. The van der Waals surface area contributed by atoms with E-state index < -0.39 is 0 Å². The monoisotopic (exact) mass is 654 g/mol. The minimum absolute atomic E-state index is 0.685. The van der Waals surface area contributed by atoms with E-state index >= 15 is 0 Å². The lowest BCUT2D eigenvalue weighted by Crippen LogP contribution is -2.03. The minimum atomic E-state index is 0.685. The van der Waals surface area contributed by atoms with Crippen molar-refractivity contribution in [2.24, 2.45) is 0 Å². The van der Waals surface area contributed by atoms with Gasteiger partial charge in [0.1, 0.15) is 0 Å². The van der Waals surface area contributed by atoms with Gasteiger partial charge in [-0.25, -0.2) is 9.97 Å². The molecule has 6 aromatic carbocycles. The van der Waals surface area contributed by atoms with Gasteiger partial charge in [0.05, 0.1) is 33.6 Å². The highest BCUT2D eigenvalue weighted by Gasteiger charge is 2.20. The number of para-hydroxylation sites is 3. The van der Waals surface area contributed by atoms with Crippen molar-refractivity contribution in [3.63, 3.8) is 0 Å². The molecule has 4 heteroatoms. The molecule has 0 saturated heterocycles. The molecule has 0 amide bonds. The van der Waals surface area contributed by atoms with Crippen LogP contribution < -0.4 is 0 Å². The third kappa shape index (κ3) is 5.17. The van der Waals surface area contributed by atoms with E-state index in [-0.39, 0.29) is 0 Å². The van der Waals surface area contributed by atoms with Crippen molar-refractivity contribution in [3.05, 3.63) is 182 Å². The van der Waals surface area contributed by atoms with E-state index in [1.807, 2.05) is 30.3 Å². The predicted octanol–water partition coefficient (Wildman–Crippen LogP) is 12.2. The summed E-state index contributed by atoms with van der Waals surface area (Å²) in [4.78, 5) is 10.3. The third-order valence-electron chi connectivity index (χ3n) is 9.60. The lowest BCUT2D eigenvalue weighted by molar-refractivity contribution is 1.08. The van der Waals surface area contributed by atoms with Gasteiger partial charge in [0.15, 0.2) is 5.82 Å². The maximum atomic E-state index is 5.26. The van der Waals surface area contributed by atoms with Crippen LogP contribution in [0.5, 0.6) is 0 Å². The molecule has 3 heterocycles. The van der Waals surface area contributed by atoms with Crippen LogP contribution in [-0.4, -0.2) is 19.1 Å². The highest BCUT2D eigenvalue weighted by atomic mass is 15.0. The van der Waals surface area contributed by atoms with Gasteiger partial charge in [0.25, 0.3) is 0 Å². The van der Waals surface area contributed by atoms with E-state index in [0.29, 0.717) is 5.82 Å². The van der Waals surface area contributed by atoms with Gasteiger partial charge in [0, 0.05) is 49.8 Å². The second-order valence-corrected chi connectivity index (χ2v) is 12.7. The van der Waals surface area contributed by atoms with Gasteiger partial charge in [-0.2, -0.15) is 0 Å². The molecule has 51 heavy (non-hydrogen) atoms. The average molecular weight is 655 g/mol. The predicted molar refractivity (Wildman–Crippen MR) is 214 cm³/mol. The Balaban J connectivity index is 1.39. The Kier molecular flexibility index (Phi) is 7.48. The van der Waals surface area contributed by atoms with E-state index in [9.17, 15) is 0 Å². The molecule has 4 nitrogen and oxygen atoms in total. The largest absolute Gasteiger partial charge is 0.309 e. The SMILES string of the molecule is C=Cc1c(/C=C\C)c2ccccc2n1-c1cc(-c2cc(-c3ccccc3)nc(-c3ccccc3)n2)cc(-n2c3ccccc3c3ccccc32)c1. The molecule has 0 spiro atoms. The zero-order valence-corrected chi connectivity index (χ0v) is 28.2. The zero-order chi connectivity index (χ0) is 34.3. The molecule has 0 unspecified atom stereocenters. The summed E-state index contributed by atoms with van der Waals surface area (Å²) in [6.45, 7) is 6.36. The van der Waals surface area contributed by atoms with Crippen LogP contribution in [-0.2, 0) is 0 Å². The Bertz CT molecular complexity index is 2660. The summed E-state index contributed by atoms with van der Waals surface area (Å²) >= 11 is 0. The number of nitrogens with zero attached hydrogens (tertiary/aromatic N) is 4. The molecule has 0 atom stereocenters. The smallest absolute Gasteiger partial charge is 0.160 e. The Morgan fingerprint density at radius 1 is 0.490 bits per heavy atom. The summed E-state index contributed by atoms with van der Waals surface area (Å²) in [7, 11) is 0. The molecule has 0 N–H and O–H groups in total. The standard InChI is InChI=1S/C47H34N4/c1-3-17-37-38-22-11-14-25-44(38)50(43(37)4-2)35-28-34(29-36(30-35)51-45-26-15-12-23-39(45)40-24-13-16-27-46(40)51)42-31-41(32-18-7-5-8-19-32)48-47(49-42)33-20-9-6-10-21-33/h3-31H,2H2,1H3/b17-3-. The molecular weight excluding hydrogens is 621 g/mol. The van der Waals surface area contributed by atoms with Crippen LogP contribution in [0.3, 0.4) is 0 Å².